The molecule has 1 aromatic carbocycles. The Bertz CT molecular complexity index is 432. The van der Waals surface area contributed by atoms with E-state index in [0.717, 1.165) is 0 Å². The molecule has 0 bridgehead atoms. The van der Waals surface area contributed by atoms with E-state index in [1.807, 2.05) is 6.92 Å². The topological polar surface area (TPSA) is 81.4 Å². The number of anilines is 1. The molecular formula is C13H18N2O3. The largest absolute Gasteiger partial charge is 0.462 e. The van der Waals surface area contributed by atoms with Crippen LogP contribution in [-0.2, 0) is 9.53 Å². The molecule has 0 fully saturated rings. The molecule has 98 valence electrons. The highest BCUT2D eigenvalue weighted by Crippen LogP contribution is 2.16. The second-order valence-electron chi connectivity index (χ2n) is 3.77. The first-order chi connectivity index (χ1) is 8.60. The molecule has 0 aliphatic carbocycles. The van der Waals surface area contributed by atoms with Crippen molar-refractivity contribution in [2.24, 2.45) is 5.73 Å². The van der Waals surface area contributed by atoms with E-state index in [1.54, 1.807) is 31.2 Å². The van der Waals surface area contributed by atoms with E-state index in [9.17, 15) is 9.59 Å². The standard InChI is InChI=1S/C13H18N2O3/c1-3-10(14)12(16)15-11-8-6-5-7-9(11)13(17)18-4-2/h5-8,10H,3-4,14H2,1-2H3,(H,15,16)/t10-/m0/s1. The Morgan fingerprint density at radius 2 is 2.00 bits per heavy atom. The van der Waals surface area contributed by atoms with Gasteiger partial charge in [-0.1, -0.05) is 19.1 Å². The van der Waals surface area contributed by atoms with Crippen LogP contribution in [0.5, 0.6) is 0 Å². The van der Waals surface area contributed by atoms with Gasteiger partial charge in [-0.3, -0.25) is 4.79 Å². The zero-order valence-electron chi connectivity index (χ0n) is 10.6. The average Bonchev–Trinajstić information content (AvgIpc) is 2.38. The number of carbonyl (C=O) groups is 2. The molecule has 0 heterocycles. The Morgan fingerprint density at radius 1 is 1.33 bits per heavy atom. The number of hydrogen-bond donors (Lipinski definition) is 2. The maximum Gasteiger partial charge on any atom is 0.340 e. The van der Waals surface area contributed by atoms with E-state index in [4.69, 9.17) is 10.5 Å². The van der Waals surface area contributed by atoms with Gasteiger partial charge in [0.1, 0.15) is 0 Å². The lowest BCUT2D eigenvalue weighted by molar-refractivity contribution is -0.117. The van der Waals surface area contributed by atoms with E-state index in [2.05, 4.69) is 5.32 Å². The van der Waals surface area contributed by atoms with Crippen molar-refractivity contribution in [3.8, 4) is 0 Å². The van der Waals surface area contributed by atoms with Gasteiger partial charge in [-0.15, -0.1) is 0 Å². The summed E-state index contributed by atoms with van der Waals surface area (Å²) in [5.74, 6) is -0.771. The molecule has 5 nitrogen and oxygen atoms in total. The average molecular weight is 250 g/mol. The predicted molar refractivity (Wildman–Crippen MR) is 69.3 cm³/mol. The third-order valence-electron chi connectivity index (χ3n) is 2.46. The van der Waals surface area contributed by atoms with Gasteiger partial charge in [0.2, 0.25) is 5.91 Å². The fraction of sp³-hybridized carbons (Fsp3) is 0.385. The maximum absolute atomic E-state index is 11.7. The van der Waals surface area contributed by atoms with Crippen LogP contribution < -0.4 is 11.1 Å². The number of ether oxygens (including phenoxy) is 1. The van der Waals surface area contributed by atoms with E-state index in [-0.39, 0.29) is 12.5 Å². The van der Waals surface area contributed by atoms with Crippen molar-refractivity contribution in [3.63, 3.8) is 0 Å². The summed E-state index contributed by atoms with van der Waals surface area (Å²) in [7, 11) is 0. The number of nitrogens with two attached hydrogens (primary N) is 1. The lowest BCUT2D eigenvalue weighted by atomic mass is 10.1. The highest BCUT2D eigenvalue weighted by Gasteiger charge is 2.16. The number of esters is 1. The number of nitrogens with one attached hydrogen (secondary N) is 1. The van der Waals surface area contributed by atoms with Crippen LogP contribution in [-0.4, -0.2) is 24.5 Å². The van der Waals surface area contributed by atoms with Gasteiger partial charge in [-0.25, -0.2) is 4.79 Å². The van der Waals surface area contributed by atoms with Crippen molar-refractivity contribution >= 4 is 17.6 Å². The number of amides is 1. The number of para-hydroxylation sites is 1. The summed E-state index contributed by atoms with van der Waals surface area (Å²) in [6.07, 6.45) is 0.535. The van der Waals surface area contributed by atoms with Crippen LogP contribution in [0.25, 0.3) is 0 Å². The van der Waals surface area contributed by atoms with Crippen molar-refractivity contribution in [1.82, 2.24) is 0 Å². The van der Waals surface area contributed by atoms with Crippen molar-refractivity contribution in [1.29, 1.82) is 0 Å². The summed E-state index contributed by atoms with van der Waals surface area (Å²) in [6.45, 7) is 3.84. The lowest BCUT2D eigenvalue weighted by Crippen LogP contribution is -2.35. The van der Waals surface area contributed by atoms with Crippen LogP contribution >= 0.6 is 0 Å². The highest BCUT2D eigenvalue weighted by molar-refractivity contribution is 6.02. The third kappa shape index (κ3) is 3.56. The zero-order valence-corrected chi connectivity index (χ0v) is 10.6. The Labute approximate surface area is 106 Å². The first kappa shape index (κ1) is 14.2. The van der Waals surface area contributed by atoms with Gasteiger partial charge in [-0.2, -0.15) is 0 Å². The molecule has 0 spiro atoms. The molecular weight excluding hydrogens is 232 g/mol. The molecule has 0 aliphatic rings. The van der Waals surface area contributed by atoms with Crippen LogP contribution in [0.2, 0.25) is 0 Å². The van der Waals surface area contributed by atoms with Gasteiger partial charge in [0.15, 0.2) is 0 Å². The van der Waals surface area contributed by atoms with Gasteiger partial charge in [0.05, 0.1) is 23.9 Å². The van der Waals surface area contributed by atoms with Crippen LogP contribution in [0, 0.1) is 0 Å². The lowest BCUT2D eigenvalue weighted by Gasteiger charge is -2.13. The fourth-order valence-electron chi connectivity index (χ4n) is 1.39. The van der Waals surface area contributed by atoms with Crippen LogP contribution in [0.3, 0.4) is 0 Å². The van der Waals surface area contributed by atoms with Crippen LogP contribution in [0.1, 0.15) is 30.6 Å². The van der Waals surface area contributed by atoms with Gasteiger partial charge in [-0.05, 0) is 25.5 Å². The number of benzene rings is 1. The maximum atomic E-state index is 11.7. The van der Waals surface area contributed by atoms with E-state index in [1.165, 1.54) is 0 Å². The molecule has 0 saturated heterocycles. The monoisotopic (exact) mass is 250 g/mol. The van der Waals surface area contributed by atoms with E-state index < -0.39 is 12.0 Å². The molecule has 0 radical (unpaired) electrons. The van der Waals surface area contributed by atoms with Crippen LogP contribution in [0.15, 0.2) is 24.3 Å². The molecule has 1 amide bonds. The summed E-state index contributed by atoms with van der Waals surface area (Å²) in [6, 6.07) is 6.11. The molecule has 0 saturated carbocycles. The smallest absolute Gasteiger partial charge is 0.340 e. The first-order valence-corrected chi connectivity index (χ1v) is 5.92. The minimum Gasteiger partial charge on any atom is -0.462 e. The molecule has 1 rings (SSSR count). The van der Waals surface area contributed by atoms with Gasteiger partial charge in [0, 0.05) is 0 Å². The Kier molecular flexibility index (Phi) is 5.32. The molecule has 1 aromatic rings. The van der Waals surface area contributed by atoms with Gasteiger partial charge >= 0.3 is 5.97 Å². The zero-order chi connectivity index (χ0) is 13.5. The van der Waals surface area contributed by atoms with E-state index >= 15 is 0 Å². The normalized spacial score (nSPS) is 11.7. The summed E-state index contributed by atoms with van der Waals surface area (Å²) in [5.41, 5.74) is 6.37. The number of hydrogen-bond acceptors (Lipinski definition) is 4. The molecule has 3 N–H and O–H groups in total. The fourth-order valence-corrected chi connectivity index (χ4v) is 1.39. The van der Waals surface area contributed by atoms with Gasteiger partial charge < -0.3 is 15.8 Å². The molecule has 0 unspecified atom stereocenters. The minimum atomic E-state index is -0.583. The summed E-state index contributed by atoms with van der Waals surface area (Å²) in [4.78, 5) is 23.4. The first-order valence-electron chi connectivity index (χ1n) is 5.92. The molecule has 5 heteroatoms. The van der Waals surface area contributed by atoms with Crippen molar-refractivity contribution in [2.45, 2.75) is 26.3 Å². The second kappa shape index (κ2) is 6.76. The summed E-state index contributed by atoms with van der Waals surface area (Å²) < 4.78 is 4.92. The highest BCUT2D eigenvalue weighted by atomic mass is 16.5. The Morgan fingerprint density at radius 3 is 2.61 bits per heavy atom. The molecule has 1 atom stereocenters. The molecule has 0 aromatic heterocycles. The van der Waals surface area contributed by atoms with Crippen molar-refractivity contribution in [3.05, 3.63) is 29.8 Å². The minimum absolute atomic E-state index is 0.287. The second-order valence-corrected chi connectivity index (χ2v) is 3.77. The molecule has 0 aliphatic heterocycles. The van der Waals surface area contributed by atoms with Crippen LogP contribution in [0.4, 0.5) is 5.69 Å². The Balaban J connectivity index is 2.89. The number of rotatable bonds is 5. The van der Waals surface area contributed by atoms with E-state index in [0.29, 0.717) is 17.7 Å². The Hall–Kier alpha value is -1.88. The summed E-state index contributed by atoms with van der Waals surface area (Å²) in [5, 5.41) is 2.64. The number of carbonyl (C=O) groups excluding carboxylic acids is 2. The quantitative estimate of drug-likeness (QED) is 0.777. The van der Waals surface area contributed by atoms with Gasteiger partial charge in [0.25, 0.3) is 0 Å². The molecule has 18 heavy (non-hydrogen) atoms. The summed E-state index contributed by atoms with van der Waals surface area (Å²) >= 11 is 0. The third-order valence-corrected chi connectivity index (χ3v) is 2.46. The van der Waals surface area contributed by atoms with Crippen molar-refractivity contribution in [2.75, 3.05) is 11.9 Å². The van der Waals surface area contributed by atoms with Crippen molar-refractivity contribution < 1.29 is 14.3 Å². The predicted octanol–water partition coefficient (Wildman–Crippen LogP) is 1.54. The SMILES string of the molecule is CCOC(=O)c1ccccc1NC(=O)[C@@H](N)CC.